The largest absolute Gasteiger partial charge is 0.323 e. The van der Waals surface area contributed by atoms with Crippen molar-refractivity contribution >= 4 is 34.3 Å². The number of nitrogens with two attached hydrogens (primary N) is 1. The lowest BCUT2D eigenvalue weighted by molar-refractivity contribution is 0.101. The Kier molecular flexibility index (Phi) is 4.75. The van der Waals surface area contributed by atoms with Gasteiger partial charge in [-0.3, -0.25) is 14.6 Å². The first-order chi connectivity index (χ1) is 12.5. The zero-order valence-electron chi connectivity index (χ0n) is 14.5. The van der Waals surface area contributed by atoms with Crippen LogP contribution in [0.5, 0.6) is 0 Å². The molecule has 0 unspecified atom stereocenters. The summed E-state index contributed by atoms with van der Waals surface area (Å²) in [7, 11) is 0. The Morgan fingerprint density at radius 2 is 1.85 bits per heavy atom. The van der Waals surface area contributed by atoms with Crippen LogP contribution in [0.1, 0.15) is 28.4 Å². The SMILES string of the molecule is CC(=O)c1ccc(N=CC(=NN)c2cc3cc(C)ccc3[nH]c2=O)cc1. The Morgan fingerprint density at radius 1 is 1.12 bits per heavy atom. The zero-order valence-corrected chi connectivity index (χ0v) is 14.5. The van der Waals surface area contributed by atoms with E-state index in [2.05, 4.69) is 15.1 Å². The number of Topliss-reactive ketones (excluding diaryl/α,β-unsaturated/α-hetero) is 1. The van der Waals surface area contributed by atoms with Gasteiger partial charge in [0.05, 0.1) is 17.5 Å². The highest BCUT2D eigenvalue weighted by molar-refractivity contribution is 6.38. The van der Waals surface area contributed by atoms with Gasteiger partial charge < -0.3 is 10.8 Å². The fourth-order valence-corrected chi connectivity index (χ4v) is 2.61. The minimum atomic E-state index is -0.288. The van der Waals surface area contributed by atoms with Crippen molar-refractivity contribution in [3.63, 3.8) is 0 Å². The van der Waals surface area contributed by atoms with E-state index in [-0.39, 0.29) is 17.1 Å². The van der Waals surface area contributed by atoms with Crippen LogP contribution in [-0.2, 0) is 0 Å². The molecule has 3 rings (SSSR count). The lowest BCUT2D eigenvalue weighted by Gasteiger charge is -2.04. The van der Waals surface area contributed by atoms with Gasteiger partial charge in [-0.25, -0.2) is 0 Å². The second-order valence-corrected chi connectivity index (χ2v) is 5.98. The van der Waals surface area contributed by atoms with Crippen LogP contribution in [0.25, 0.3) is 10.9 Å². The number of hydrogen-bond donors (Lipinski definition) is 2. The summed E-state index contributed by atoms with van der Waals surface area (Å²) >= 11 is 0. The van der Waals surface area contributed by atoms with Crippen LogP contribution in [0.2, 0.25) is 0 Å². The second-order valence-electron chi connectivity index (χ2n) is 5.98. The molecule has 2 aromatic carbocycles. The van der Waals surface area contributed by atoms with Crippen LogP contribution in [0.3, 0.4) is 0 Å². The van der Waals surface area contributed by atoms with E-state index in [4.69, 9.17) is 5.84 Å². The van der Waals surface area contributed by atoms with Gasteiger partial charge in [-0.05, 0) is 61.7 Å². The molecule has 130 valence electrons. The summed E-state index contributed by atoms with van der Waals surface area (Å²) < 4.78 is 0. The standard InChI is InChI=1S/C20H18N4O2/c1-12-3-8-18-15(9-12)10-17(20(26)23-18)19(24-21)11-22-16-6-4-14(5-7-16)13(2)25/h3-11H,21H2,1-2H3,(H,23,26). The monoisotopic (exact) mass is 346 g/mol. The third-order valence-electron chi connectivity index (χ3n) is 4.02. The van der Waals surface area contributed by atoms with Crippen LogP contribution in [0.4, 0.5) is 5.69 Å². The number of carbonyl (C=O) groups excluding carboxylic acids is 1. The number of carbonyl (C=O) groups is 1. The van der Waals surface area contributed by atoms with Crippen LogP contribution < -0.4 is 11.4 Å². The Hall–Kier alpha value is -3.54. The highest BCUT2D eigenvalue weighted by Crippen LogP contribution is 2.15. The smallest absolute Gasteiger partial charge is 0.258 e. The summed E-state index contributed by atoms with van der Waals surface area (Å²) in [5.74, 6) is 5.46. The number of H-pyrrole nitrogens is 1. The van der Waals surface area contributed by atoms with Crippen LogP contribution >= 0.6 is 0 Å². The summed E-state index contributed by atoms with van der Waals surface area (Å²) in [5.41, 5.74) is 3.39. The van der Waals surface area contributed by atoms with E-state index in [1.807, 2.05) is 25.1 Å². The van der Waals surface area contributed by atoms with Gasteiger partial charge in [0.2, 0.25) is 0 Å². The van der Waals surface area contributed by atoms with Crippen LogP contribution in [0.15, 0.2) is 63.4 Å². The normalized spacial score (nSPS) is 12.0. The number of rotatable bonds is 4. The molecule has 3 N–H and O–H groups in total. The van der Waals surface area contributed by atoms with Gasteiger partial charge in [0.15, 0.2) is 5.78 Å². The van der Waals surface area contributed by atoms with Gasteiger partial charge in [-0.1, -0.05) is 11.6 Å². The molecule has 0 spiro atoms. The molecule has 3 aromatic rings. The van der Waals surface area contributed by atoms with E-state index in [1.165, 1.54) is 13.1 Å². The average molecular weight is 346 g/mol. The first kappa shape index (κ1) is 17.3. The highest BCUT2D eigenvalue weighted by atomic mass is 16.1. The Bertz CT molecular complexity index is 1090. The fraction of sp³-hybridized carbons (Fsp3) is 0.100. The molecule has 0 saturated carbocycles. The Morgan fingerprint density at radius 3 is 2.50 bits per heavy atom. The van der Waals surface area contributed by atoms with Crippen molar-refractivity contribution in [1.29, 1.82) is 0 Å². The number of benzene rings is 2. The van der Waals surface area contributed by atoms with Gasteiger partial charge in [0.25, 0.3) is 5.56 Å². The number of aromatic nitrogens is 1. The molecule has 0 bridgehead atoms. The molecule has 6 nitrogen and oxygen atoms in total. The summed E-state index contributed by atoms with van der Waals surface area (Å²) in [4.78, 5) is 30.8. The number of nitrogens with one attached hydrogen (secondary N) is 1. The van der Waals surface area contributed by atoms with Gasteiger partial charge >= 0.3 is 0 Å². The molecule has 0 atom stereocenters. The molecule has 26 heavy (non-hydrogen) atoms. The van der Waals surface area contributed by atoms with Crippen molar-refractivity contribution in [2.75, 3.05) is 0 Å². The summed E-state index contributed by atoms with van der Waals surface area (Å²) in [5, 5.41) is 4.59. The first-order valence-corrected chi connectivity index (χ1v) is 8.05. The first-order valence-electron chi connectivity index (χ1n) is 8.05. The van der Waals surface area contributed by atoms with Gasteiger partial charge in [0, 0.05) is 11.1 Å². The lowest BCUT2D eigenvalue weighted by Crippen LogP contribution is -2.20. The molecule has 6 heteroatoms. The van der Waals surface area contributed by atoms with Gasteiger partial charge in [-0.2, -0.15) is 5.10 Å². The number of aliphatic imine (C=N–C) groups is 1. The molecule has 1 aromatic heterocycles. The van der Waals surface area contributed by atoms with E-state index in [9.17, 15) is 9.59 Å². The van der Waals surface area contributed by atoms with E-state index in [1.54, 1.807) is 30.3 Å². The number of fused-ring (bicyclic) bond motifs is 1. The van der Waals surface area contributed by atoms with E-state index in [0.717, 1.165) is 16.5 Å². The third kappa shape index (κ3) is 3.59. The molecule has 0 saturated heterocycles. The predicted octanol–water partition coefficient (Wildman–Crippen LogP) is 3.10. The number of hydrazone groups is 1. The van der Waals surface area contributed by atoms with E-state index < -0.39 is 0 Å². The topological polar surface area (TPSA) is 101 Å². The predicted molar refractivity (Wildman–Crippen MR) is 105 cm³/mol. The molecular formula is C20H18N4O2. The highest BCUT2D eigenvalue weighted by Gasteiger charge is 2.09. The molecule has 0 aliphatic rings. The van der Waals surface area contributed by atoms with Crippen molar-refractivity contribution in [3.05, 3.63) is 75.6 Å². The number of pyridine rings is 1. The number of ketones is 1. The molecule has 0 fully saturated rings. The summed E-state index contributed by atoms with van der Waals surface area (Å²) in [6, 6.07) is 14.3. The summed E-state index contributed by atoms with van der Waals surface area (Å²) in [6.07, 6.45) is 1.44. The Balaban J connectivity index is 1.96. The van der Waals surface area contributed by atoms with Crippen molar-refractivity contribution in [2.24, 2.45) is 15.9 Å². The maximum Gasteiger partial charge on any atom is 0.258 e. The Labute approximate surface area is 150 Å². The number of hydrogen-bond acceptors (Lipinski definition) is 5. The third-order valence-corrected chi connectivity index (χ3v) is 4.02. The number of aromatic amines is 1. The molecule has 0 radical (unpaired) electrons. The quantitative estimate of drug-likeness (QED) is 0.328. The van der Waals surface area contributed by atoms with Crippen LogP contribution in [-0.4, -0.2) is 22.7 Å². The van der Waals surface area contributed by atoms with E-state index >= 15 is 0 Å². The molecule has 0 aliphatic heterocycles. The lowest BCUT2D eigenvalue weighted by atomic mass is 10.1. The van der Waals surface area contributed by atoms with Gasteiger partial charge in [-0.15, -0.1) is 0 Å². The van der Waals surface area contributed by atoms with Crippen molar-refractivity contribution in [1.82, 2.24) is 4.98 Å². The minimum Gasteiger partial charge on any atom is -0.323 e. The molecule has 0 amide bonds. The number of nitrogens with zero attached hydrogens (tertiary/aromatic N) is 2. The van der Waals surface area contributed by atoms with Gasteiger partial charge in [0.1, 0.15) is 5.71 Å². The molecule has 1 heterocycles. The van der Waals surface area contributed by atoms with Crippen molar-refractivity contribution in [3.8, 4) is 0 Å². The second kappa shape index (κ2) is 7.14. The fourth-order valence-electron chi connectivity index (χ4n) is 2.61. The average Bonchev–Trinajstić information content (AvgIpc) is 2.63. The number of aryl methyl sites for hydroxylation is 1. The maximum absolute atomic E-state index is 12.4. The van der Waals surface area contributed by atoms with Crippen LogP contribution in [0, 0.1) is 6.92 Å². The zero-order chi connectivity index (χ0) is 18.7. The van der Waals surface area contributed by atoms with Crippen molar-refractivity contribution in [2.45, 2.75) is 13.8 Å². The van der Waals surface area contributed by atoms with Crippen molar-refractivity contribution < 1.29 is 4.79 Å². The minimum absolute atomic E-state index is 0.0114. The molecule has 0 aliphatic carbocycles. The molecular weight excluding hydrogens is 328 g/mol. The maximum atomic E-state index is 12.4. The van der Waals surface area contributed by atoms with E-state index in [0.29, 0.717) is 16.8 Å². The summed E-state index contributed by atoms with van der Waals surface area (Å²) in [6.45, 7) is 3.49.